The summed E-state index contributed by atoms with van der Waals surface area (Å²) < 4.78 is 14.5. The molecule has 0 atom stereocenters. The fourth-order valence-electron chi connectivity index (χ4n) is 3.19. The summed E-state index contributed by atoms with van der Waals surface area (Å²) in [5.41, 5.74) is 2.11. The minimum atomic E-state index is -0.216. The highest BCUT2D eigenvalue weighted by Crippen LogP contribution is 2.18. The Labute approximate surface area is 157 Å². The number of aryl methyl sites for hydroxylation is 2. The Morgan fingerprint density at radius 1 is 1.23 bits per heavy atom. The quantitative estimate of drug-likeness (QED) is 0.864. The smallest absolute Gasteiger partial charge is 0.256 e. The van der Waals surface area contributed by atoms with E-state index >= 15 is 0 Å². The number of benzene rings is 1. The van der Waals surface area contributed by atoms with E-state index in [0.717, 1.165) is 38.4 Å². The molecule has 0 radical (unpaired) electrons. The van der Waals surface area contributed by atoms with Crippen LogP contribution in [-0.2, 0) is 7.05 Å². The van der Waals surface area contributed by atoms with Crippen LogP contribution in [-0.4, -0.2) is 59.9 Å². The lowest BCUT2D eigenvalue weighted by Crippen LogP contribution is -2.48. The van der Waals surface area contributed by atoms with Gasteiger partial charge in [0.05, 0.1) is 11.3 Å². The van der Waals surface area contributed by atoms with Gasteiger partial charge in [-0.25, -0.2) is 4.39 Å². The van der Waals surface area contributed by atoms with Gasteiger partial charge in [-0.3, -0.25) is 14.4 Å². The molecule has 0 aliphatic carbocycles. The van der Waals surface area contributed by atoms with Gasteiger partial charge in [0.25, 0.3) is 5.91 Å². The number of nitrogens with zero attached hydrogens (tertiary/aromatic N) is 4. The normalized spacial score (nSPS) is 15.3. The van der Waals surface area contributed by atoms with Gasteiger partial charge in [-0.15, -0.1) is 0 Å². The molecule has 1 amide bonds. The Hall–Kier alpha value is -2.12. The molecular formula is C18H23ClFN5O. The maximum Gasteiger partial charge on any atom is 0.256 e. The molecule has 2 heterocycles. The summed E-state index contributed by atoms with van der Waals surface area (Å²) in [6, 6.07) is 6.60. The average molecular weight is 380 g/mol. The number of nitrogens with one attached hydrogen (secondary N) is 1. The van der Waals surface area contributed by atoms with Crippen molar-refractivity contribution in [3.63, 3.8) is 0 Å². The van der Waals surface area contributed by atoms with Gasteiger partial charge >= 0.3 is 0 Å². The number of aromatic nitrogens is 2. The summed E-state index contributed by atoms with van der Waals surface area (Å²) in [7, 11) is 1.71. The second-order valence-electron chi connectivity index (χ2n) is 6.44. The first-order valence-corrected chi connectivity index (χ1v) is 9.03. The molecule has 2 aromatic rings. The number of hydrogen-bond acceptors (Lipinski definition) is 4. The molecule has 1 aromatic heterocycles. The zero-order valence-corrected chi connectivity index (χ0v) is 15.8. The third kappa shape index (κ3) is 4.16. The number of rotatable bonds is 5. The van der Waals surface area contributed by atoms with E-state index in [9.17, 15) is 9.18 Å². The molecule has 8 heteroatoms. The summed E-state index contributed by atoms with van der Waals surface area (Å²) in [6.45, 7) is 6.68. The molecule has 6 nitrogen and oxygen atoms in total. The molecule has 26 heavy (non-hydrogen) atoms. The van der Waals surface area contributed by atoms with Crippen LogP contribution in [0, 0.1) is 12.7 Å². The van der Waals surface area contributed by atoms with Crippen molar-refractivity contribution in [3.8, 4) is 0 Å². The van der Waals surface area contributed by atoms with Crippen molar-refractivity contribution in [2.75, 3.05) is 44.2 Å². The van der Waals surface area contributed by atoms with Crippen molar-refractivity contribution in [2.24, 2.45) is 7.05 Å². The van der Waals surface area contributed by atoms with Crippen molar-refractivity contribution >= 4 is 23.2 Å². The highest BCUT2D eigenvalue weighted by atomic mass is 35.5. The fraction of sp³-hybridized carbons (Fsp3) is 0.444. The lowest BCUT2D eigenvalue weighted by molar-refractivity contribution is 0.0947. The van der Waals surface area contributed by atoms with E-state index in [1.54, 1.807) is 14.0 Å². The second-order valence-corrected chi connectivity index (χ2v) is 6.79. The molecule has 3 rings (SSSR count). The van der Waals surface area contributed by atoms with Gasteiger partial charge in [0.1, 0.15) is 11.0 Å². The van der Waals surface area contributed by atoms with Crippen LogP contribution in [0.2, 0.25) is 5.15 Å². The number of halogens is 2. The van der Waals surface area contributed by atoms with Crippen molar-refractivity contribution < 1.29 is 9.18 Å². The van der Waals surface area contributed by atoms with Gasteiger partial charge in [0.2, 0.25) is 0 Å². The average Bonchev–Trinajstić information content (AvgIpc) is 2.88. The lowest BCUT2D eigenvalue weighted by atomic mass is 10.2. The number of carbonyl (C=O) groups is 1. The SMILES string of the molecule is Cc1nn(C)c(Cl)c1C(=O)NCCN1CCN(c2ccc(F)cc2)CC1. The molecule has 0 saturated carbocycles. The molecule has 1 saturated heterocycles. The predicted octanol–water partition coefficient (Wildman–Crippen LogP) is 2.07. The Morgan fingerprint density at radius 2 is 1.88 bits per heavy atom. The van der Waals surface area contributed by atoms with Crippen LogP contribution >= 0.6 is 11.6 Å². The predicted molar refractivity (Wildman–Crippen MR) is 100 cm³/mol. The summed E-state index contributed by atoms with van der Waals surface area (Å²) in [6.07, 6.45) is 0. The maximum absolute atomic E-state index is 13.0. The Balaban J connectivity index is 1.44. The van der Waals surface area contributed by atoms with E-state index in [2.05, 4.69) is 20.2 Å². The van der Waals surface area contributed by atoms with Gasteiger partial charge in [-0.05, 0) is 31.2 Å². The number of piperazine rings is 1. The molecule has 0 spiro atoms. The van der Waals surface area contributed by atoms with Crippen molar-refractivity contribution in [3.05, 3.63) is 46.5 Å². The molecule has 1 aliphatic heterocycles. The molecule has 0 bridgehead atoms. The molecular weight excluding hydrogens is 357 g/mol. The van der Waals surface area contributed by atoms with Crippen LogP contribution in [0.4, 0.5) is 10.1 Å². The number of anilines is 1. The number of hydrogen-bond donors (Lipinski definition) is 1. The van der Waals surface area contributed by atoms with E-state index in [0.29, 0.717) is 23.0 Å². The zero-order chi connectivity index (χ0) is 18.7. The van der Waals surface area contributed by atoms with Crippen LogP contribution in [0.5, 0.6) is 0 Å². The minimum Gasteiger partial charge on any atom is -0.369 e. The Bertz CT molecular complexity index is 769. The molecule has 0 unspecified atom stereocenters. The van der Waals surface area contributed by atoms with Crippen molar-refractivity contribution in [2.45, 2.75) is 6.92 Å². The second kappa shape index (κ2) is 8.05. The van der Waals surface area contributed by atoms with E-state index in [1.165, 1.54) is 16.8 Å². The maximum atomic E-state index is 13.0. The lowest BCUT2D eigenvalue weighted by Gasteiger charge is -2.36. The van der Waals surface area contributed by atoms with Gasteiger partial charge in [0.15, 0.2) is 0 Å². The molecule has 1 fully saturated rings. The third-order valence-electron chi connectivity index (χ3n) is 4.66. The van der Waals surface area contributed by atoms with Gasteiger partial charge in [0, 0.05) is 52.0 Å². The molecule has 1 aliphatic rings. The van der Waals surface area contributed by atoms with Gasteiger partial charge in [-0.2, -0.15) is 5.10 Å². The van der Waals surface area contributed by atoms with Crippen LogP contribution in [0.25, 0.3) is 0 Å². The largest absolute Gasteiger partial charge is 0.369 e. The summed E-state index contributed by atoms with van der Waals surface area (Å²) >= 11 is 6.12. The van der Waals surface area contributed by atoms with Crippen LogP contribution in [0.1, 0.15) is 16.1 Å². The topological polar surface area (TPSA) is 53.4 Å². The summed E-state index contributed by atoms with van der Waals surface area (Å²) in [5, 5.41) is 7.43. The first-order valence-electron chi connectivity index (χ1n) is 8.66. The van der Waals surface area contributed by atoms with E-state index in [4.69, 9.17) is 11.6 Å². The first-order chi connectivity index (χ1) is 12.5. The summed E-state index contributed by atoms with van der Waals surface area (Å²) in [4.78, 5) is 16.8. The van der Waals surface area contributed by atoms with E-state index in [-0.39, 0.29) is 11.7 Å². The molecule has 1 aromatic carbocycles. The van der Waals surface area contributed by atoms with Crippen LogP contribution < -0.4 is 10.2 Å². The van der Waals surface area contributed by atoms with Crippen molar-refractivity contribution in [1.82, 2.24) is 20.0 Å². The number of carbonyl (C=O) groups excluding carboxylic acids is 1. The van der Waals surface area contributed by atoms with Crippen LogP contribution in [0.3, 0.4) is 0 Å². The standard InChI is InChI=1S/C18H23ClFN5O/c1-13-16(17(19)23(2)22-13)18(26)21-7-8-24-9-11-25(12-10-24)15-5-3-14(20)4-6-15/h3-6H,7-12H2,1-2H3,(H,21,26). The fourth-order valence-corrected chi connectivity index (χ4v) is 3.45. The van der Waals surface area contributed by atoms with E-state index < -0.39 is 0 Å². The highest BCUT2D eigenvalue weighted by Gasteiger charge is 2.20. The molecule has 1 N–H and O–H groups in total. The van der Waals surface area contributed by atoms with E-state index in [1.807, 2.05) is 12.1 Å². The van der Waals surface area contributed by atoms with Crippen LogP contribution in [0.15, 0.2) is 24.3 Å². The van der Waals surface area contributed by atoms with Crippen molar-refractivity contribution in [1.29, 1.82) is 0 Å². The monoisotopic (exact) mass is 379 g/mol. The van der Waals surface area contributed by atoms with Gasteiger partial charge < -0.3 is 10.2 Å². The molecule has 140 valence electrons. The van der Waals surface area contributed by atoms with Gasteiger partial charge in [-0.1, -0.05) is 11.6 Å². The third-order valence-corrected chi connectivity index (χ3v) is 5.09. The summed E-state index contributed by atoms with van der Waals surface area (Å²) in [5.74, 6) is -0.405. The minimum absolute atomic E-state index is 0.189. The highest BCUT2D eigenvalue weighted by molar-refractivity contribution is 6.33. The first kappa shape index (κ1) is 18.7. The number of amides is 1. The zero-order valence-electron chi connectivity index (χ0n) is 15.0. The Morgan fingerprint density at radius 3 is 2.46 bits per heavy atom. The Kier molecular flexibility index (Phi) is 5.78.